The van der Waals surface area contributed by atoms with E-state index < -0.39 is 34.4 Å². The molecule has 2 aromatic carbocycles. The molecule has 0 fully saturated rings. The molecule has 11 heteroatoms. The average Bonchev–Trinajstić information content (AvgIpc) is 2.75. The van der Waals surface area contributed by atoms with Crippen molar-refractivity contribution in [2.75, 3.05) is 36.6 Å². The summed E-state index contributed by atoms with van der Waals surface area (Å²) in [6.07, 6.45) is 0.925. The number of benzene rings is 2. The first-order valence-electron chi connectivity index (χ1n) is 9.16. The van der Waals surface area contributed by atoms with E-state index in [4.69, 9.17) is 0 Å². The summed E-state index contributed by atoms with van der Waals surface area (Å²) in [7, 11) is -1.57. The van der Waals surface area contributed by atoms with E-state index in [1.165, 1.54) is 49.4 Å². The highest BCUT2D eigenvalue weighted by Gasteiger charge is 2.22. The minimum Gasteiger partial charge on any atom is -0.465 e. The Morgan fingerprint density at radius 2 is 1.47 bits per heavy atom. The topological polar surface area (TPSA) is 136 Å². The molecule has 0 saturated heterocycles. The Balaban J connectivity index is 2.36. The van der Waals surface area contributed by atoms with Gasteiger partial charge in [-0.25, -0.2) is 18.0 Å². The molecule has 0 unspecified atom stereocenters. The van der Waals surface area contributed by atoms with Gasteiger partial charge in [0.05, 0.1) is 37.3 Å². The maximum absolute atomic E-state index is 12.6. The van der Waals surface area contributed by atoms with Gasteiger partial charge in [-0.1, -0.05) is 12.1 Å². The first-order chi connectivity index (χ1) is 15.0. The normalized spacial score (nSPS) is 10.8. The molecule has 170 valence electrons. The lowest BCUT2D eigenvalue weighted by atomic mass is 10.1. The van der Waals surface area contributed by atoms with Crippen molar-refractivity contribution in [3.8, 4) is 0 Å². The van der Waals surface area contributed by atoms with Crippen LogP contribution in [0.1, 0.15) is 38.0 Å². The maximum Gasteiger partial charge on any atom is 0.337 e. The molecule has 0 saturated carbocycles. The standard InChI is InChI=1S/C21H22N2O8S/c1-13(24)14-6-5-7-18(11-14)23(32(4,28)29)12-19(25)22-17-9-15(20(26)30-2)8-16(10-17)21(27)31-3/h5-11H,12H2,1-4H3,(H,22,25). The van der Waals surface area contributed by atoms with Crippen molar-refractivity contribution in [1.29, 1.82) is 0 Å². The lowest BCUT2D eigenvalue weighted by molar-refractivity contribution is -0.114. The molecule has 0 bridgehead atoms. The molecular formula is C21H22N2O8S. The van der Waals surface area contributed by atoms with E-state index in [0.29, 0.717) is 0 Å². The molecule has 0 radical (unpaired) electrons. The lowest BCUT2D eigenvalue weighted by Crippen LogP contribution is -2.37. The molecule has 0 aromatic heterocycles. The lowest BCUT2D eigenvalue weighted by Gasteiger charge is -2.22. The second kappa shape index (κ2) is 10.1. The van der Waals surface area contributed by atoms with Gasteiger partial charge in [-0.15, -0.1) is 0 Å². The monoisotopic (exact) mass is 462 g/mol. The van der Waals surface area contributed by atoms with E-state index in [1.807, 2.05) is 0 Å². The van der Waals surface area contributed by atoms with Crippen LogP contribution in [0.3, 0.4) is 0 Å². The number of rotatable bonds is 8. The molecule has 0 aliphatic rings. The summed E-state index contributed by atoms with van der Waals surface area (Å²) in [6.45, 7) is 0.722. The first-order valence-corrected chi connectivity index (χ1v) is 11.0. The van der Waals surface area contributed by atoms with Crippen LogP contribution in [0.2, 0.25) is 0 Å². The van der Waals surface area contributed by atoms with Crippen molar-refractivity contribution < 1.29 is 37.1 Å². The van der Waals surface area contributed by atoms with Crippen LogP contribution >= 0.6 is 0 Å². The molecule has 1 N–H and O–H groups in total. The molecule has 0 heterocycles. The van der Waals surface area contributed by atoms with Gasteiger partial charge in [0, 0.05) is 11.3 Å². The minimum absolute atomic E-state index is 0.0140. The SMILES string of the molecule is COC(=O)c1cc(NC(=O)CN(c2cccc(C(C)=O)c2)S(C)(=O)=O)cc(C(=O)OC)c1. The van der Waals surface area contributed by atoms with Gasteiger partial charge in [-0.05, 0) is 37.3 Å². The van der Waals surface area contributed by atoms with Crippen molar-refractivity contribution in [3.05, 3.63) is 59.2 Å². The number of methoxy groups -OCH3 is 2. The number of sulfonamides is 1. The van der Waals surface area contributed by atoms with Crippen LogP contribution in [0.4, 0.5) is 11.4 Å². The van der Waals surface area contributed by atoms with Crippen LogP contribution in [0.25, 0.3) is 0 Å². The molecular weight excluding hydrogens is 440 g/mol. The number of hydrogen-bond acceptors (Lipinski definition) is 8. The zero-order chi connectivity index (χ0) is 24.1. The molecule has 0 aliphatic heterocycles. The number of hydrogen-bond donors (Lipinski definition) is 1. The summed E-state index contributed by atoms with van der Waals surface area (Å²) < 4.78 is 34.7. The van der Waals surface area contributed by atoms with Gasteiger partial charge in [-0.3, -0.25) is 13.9 Å². The number of ether oxygens (including phenoxy) is 2. The molecule has 0 aliphatic carbocycles. The third kappa shape index (κ3) is 6.14. The second-order valence-electron chi connectivity index (χ2n) is 6.71. The number of nitrogens with zero attached hydrogens (tertiary/aromatic N) is 1. The summed E-state index contributed by atoms with van der Waals surface area (Å²) in [5, 5.41) is 2.46. The molecule has 2 rings (SSSR count). The van der Waals surface area contributed by atoms with Crippen LogP contribution in [-0.4, -0.2) is 59.1 Å². The molecule has 10 nitrogen and oxygen atoms in total. The number of carbonyl (C=O) groups is 4. The highest BCUT2D eigenvalue weighted by atomic mass is 32.2. The van der Waals surface area contributed by atoms with Crippen LogP contribution in [-0.2, 0) is 24.3 Å². The van der Waals surface area contributed by atoms with E-state index in [1.54, 1.807) is 0 Å². The second-order valence-corrected chi connectivity index (χ2v) is 8.61. The van der Waals surface area contributed by atoms with Gasteiger partial charge in [0.1, 0.15) is 6.54 Å². The number of esters is 2. The Morgan fingerprint density at radius 1 is 0.906 bits per heavy atom. The third-order valence-electron chi connectivity index (χ3n) is 4.29. The van der Waals surface area contributed by atoms with E-state index in [2.05, 4.69) is 14.8 Å². The maximum atomic E-state index is 12.6. The number of nitrogens with one attached hydrogen (secondary N) is 1. The Kier molecular flexibility index (Phi) is 7.71. The summed E-state index contributed by atoms with van der Waals surface area (Å²) in [6, 6.07) is 9.64. The van der Waals surface area contributed by atoms with Crippen LogP contribution in [0, 0.1) is 0 Å². The van der Waals surface area contributed by atoms with Crippen LogP contribution < -0.4 is 9.62 Å². The van der Waals surface area contributed by atoms with Crippen LogP contribution in [0.5, 0.6) is 0 Å². The first kappa shape index (κ1) is 24.5. The number of Topliss-reactive ketones (excluding diaryl/α,β-unsaturated/α-hetero) is 1. The van der Waals surface area contributed by atoms with Crippen LogP contribution in [0.15, 0.2) is 42.5 Å². The predicted molar refractivity (Wildman–Crippen MR) is 116 cm³/mol. The summed E-state index contributed by atoms with van der Waals surface area (Å²) in [5.74, 6) is -2.50. The zero-order valence-electron chi connectivity index (χ0n) is 17.9. The predicted octanol–water partition coefficient (Wildman–Crippen LogP) is 1.87. The van der Waals surface area contributed by atoms with E-state index >= 15 is 0 Å². The number of ketones is 1. The Morgan fingerprint density at radius 3 is 1.94 bits per heavy atom. The van der Waals surface area contributed by atoms with E-state index in [0.717, 1.165) is 24.8 Å². The zero-order valence-corrected chi connectivity index (χ0v) is 18.7. The minimum atomic E-state index is -3.89. The van der Waals surface area contributed by atoms with Gasteiger partial charge < -0.3 is 14.8 Å². The van der Waals surface area contributed by atoms with Gasteiger partial charge in [0.2, 0.25) is 15.9 Å². The van der Waals surface area contributed by atoms with Gasteiger partial charge in [0.25, 0.3) is 0 Å². The quantitative estimate of drug-likeness (QED) is 0.464. The van der Waals surface area contributed by atoms with Crippen molar-refractivity contribution in [2.24, 2.45) is 0 Å². The van der Waals surface area contributed by atoms with Crippen molar-refractivity contribution >= 4 is 45.0 Å². The number of amides is 1. The highest BCUT2D eigenvalue weighted by Crippen LogP contribution is 2.21. The fourth-order valence-electron chi connectivity index (χ4n) is 2.78. The molecule has 0 spiro atoms. The summed E-state index contributed by atoms with van der Waals surface area (Å²) in [5.41, 5.74) is 0.447. The van der Waals surface area contributed by atoms with E-state index in [-0.39, 0.29) is 33.8 Å². The fourth-order valence-corrected chi connectivity index (χ4v) is 3.63. The number of anilines is 2. The third-order valence-corrected chi connectivity index (χ3v) is 5.43. The van der Waals surface area contributed by atoms with Crippen molar-refractivity contribution in [1.82, 2.24) is 0 Å². The molecule has 1 amide bonds. The molecule has 2 aromatic rings. The highest BCUT2D eigenvalue weighted by molar-refractivity contribution is 7.92. The molecule has 32 heavy (non-hydrogen) atoms. The van der Waals surface area contributed by atoms with Crippen molar-refractivity contribution in [2.45, 2.75) is 6.92 Å². The largest absolute Gasteiger partial charge is 0.465 e. The Hall–Kier alpha value is -3.73. The number of carbonyl (C=O) groups excluding carboxylic acids is 4. The van der Waals surface area contributed by atoms with Gasteiger partial charge in [-0.2, -0.15) is 0 Å². The van der Waals surface area contributed by atoms with E-state index in [9.17, 15) is 27.6 Å². The smallest absolute Gasteiger partial charge is 0.337 e. The Bertz CT molecular complexity index is 1140. The van der Waals surface area contributed by atoms with Crippen molar-refractivity contribution in [3.63, 3.8) is 0 Å². The summed E-state index contributed by atoms with van der Waals surface area (Å²) in [4.78, 5) is 48.1. The van der Waals surface area contributed by atoms with Gasteiger partial charge >= 0.3 is 11.9 Å². The molecule has 0 atom stereocenters. The Labute approximate surface area is 185 Å². The summed E-state index contributed by atoms with van der Waals surface area (Å²) >= 11 is 0. The average molecular weight is 462 g/mol. The van der Waals surface area contributed by atoms with Gasteiger partial charge in [0.15, 0.2) is 5.78 Å². The fraction of sp³-hybridized carbons (Fsp3) is 0.238.